The van der Waals surface area contributed by atoms with Crippen LogP contribution in [-0.2, 0) is 29.6 Å². The number of nitrogens with zero attached hydrogens (tertiary/aromatic N) is 1. The number of amides is 3. The van der Waals surface area contributed by atoms with Crippen LogP contribution in [0.25, 0.3) is 0 Å². The number of nitrogens with one attached hydrogen (secondary N) is 1. The molecule has 33 heavy (non-hydrogen) atoms. The van der Waals surface area contributed by atoms with Crippen LogP contribution in [0.15, 0.2) is 49.1 Å². The molecular formula is C26H30N2O5. The number of carbonyl (C=O) groups is 2. The molecule has 2 aromatic carbocycles. The van der Waals surface area contributed by atoms with Crippen molar-refractivity contribution in [3.8, 4) is 11.5 Å². The van der Waals surface area contributed by atoms with Crippen molar-refractivity contribution in [3.63, 3.8) is 0 Å². The fourth-order valence-electron chi connectivity index (χ4n) is 4.52. The minimum Gasteiger partial charge on any atom is -0.493 e. The molecular weight excluding hydrogens is 420 g/mol. The number of aryl methyl sites for hydroxylation is 2. The number of methoxy groups -OCH3 is 1. The van der Waals surface area contributed by atoms with Gasteiger partial charge in [-0.15, -0.1) is 6.58 Å². The first-order valence-corrected chi connectivity index (χ1v) is 11.2. The topological polar surface area (TPSA) is 88.1 Å². The number of β-amino-alcohol motifs (C(OH)–C–C–N with tert-alkyl or cyclic N) is 1. The number of hydrogen-bond donors (Lipinski definition) is 2. The lowest BCUT2D eigenvalue weighted by Crippen LogP contribution is -2.42. The first-order valence-electron chi connectivity index (χ1n) is 11.2. The van der Waals surface area contributed by atoms with E-state index in [0.29, 0.717) is 17.9 Å². The Morgan fingerprint density at radius 2 is 1.97 bits per heavy atom. The summed E-state index contributed by atoms with van der Waals surface area (Å²) in [5.41, 5.74) is 3.17. The van der Waals surface area contributed by atoms with Crippen LogP contribution >= 0.6 is 0 Å². The van der Waals surface area contributed by atoms with Gasteiger partial charge in [0.25, 0.3) is 5.91 Å². The van der Waals surface area contributed by atoms with Crippen molar-refractivity contribution < 1.29 is 24.2 Å². The second kappa shape index (κ2) is 9.27. The van der Waals surface area contributed by atoms with Crippen molar-refractivity contribution >= 4 is 11.9 Å². The fraction of sp³-hybridized carbons (Fsp3) is 0.385. The van der Waals surface area contributed by atoms with E-state index < -0.39 is 17.7 Å². The van der Waals surface area contributed by atoms with E-state index in [1.807, 2.05) is 30.3 Å². The van der Waals surface area contributed by atoms with Gasteiger partial charge < -0.3 is 19.9 Å². The molecule has 1 fully saturated rings. The molecule has 0 radical (unpaired) electrons. The van der Waals surface area contributed by atoms with Gasteiger partial charge in [-0.25, -0.2) is 4.79 Å². The van der Waals surface area contributed by atoms with E-state index in [9.17, 15) is 14.7 Å². The summed E-state index contributed by atoms with van der Waals surface area (Å²) in [4.78, 5) is 26.9. The monoisotopic (exact) mass is 450 g/mol. The predicted octanol–water partition coefficient (Wildman–Crippen LogP) is 3.12. The molecule has 4 rings (SSSR count). The SMILES string of the molecule is C=CCc1ccc(OC[C@H](O)CN2C(=O)N[C@](C)(c3ccc4c(c3)CCC4)C2=O)c(OC)c1. The smallest absolute Gasteiger partial charge is 0.325 e. The highest BCUT2D eigenvalue weighted by Crippen LogP contribution is 2.33. The molecule has 1 heterocycles. The Morgan fingerprint density at radius 3 is 2.73 bits per heavy atom. The maximum Gasteiger partial charge on any atom is 0.325 e. The third-order valence-electron chi connectivity index (χ3n) is 6.38. The Hall–Kier alpha value is -3.32. The first kappa shape index (κ1) is 22.9. The van der Waals surface area contributed by atoms with Gasteiger partial charge in [-0.1, -0.05) is 30.3 Å². The van der Waals surface area contributed by atoms with Crippen LogP contribution in [0.4, 0.5) is 4.79 Å². The summed E-state index contributed by atoms with van der Waals surface area (Å²) in [5, 5.41) is 13.3. The predicted molar refractivity (Wildman–Crippen MR) is 124 cm³/mol. The van der Waals surface area contributed by atoms with Gasteiger partial charge >= 0.3 is 6.03 Å². The zero-order valence-corrected chi connectivity index (χ0v) is 19.1. The van der Waals surface area contributed by atoms with Gasteiger partial charge in [0.05, 0.1) is 13.7 Å². The highest BCUT2D eigenvalue weighted by molar-refractivity contribution is 6.07. The highest BCUT2D eigenvalue weighted by Gasteiger charge is 2.49. The Morgan fingerprint density at radius 1 is 1.18 bits per heavy atom. The van der Waals surface area contributed by atoms with Crippen LogP contribution in [-0.4, -0.2) is 48.3 Å². The highest BCUT2D eigenvalue weighted by atomic mass is 16.5. The summed E-state index contributed by atoms with van der Waals surface area (Å²) in [5.74, 6) is 0.640. The van der Waals surface area contributed by atoms with Crippen molar-refractivity contribution in [1.82, 2.24) is 10.2 Å². The van der Waals surface area contributed by atoms with E-state index in [-0.39, 0.29) is 19.1 Å². The first-order chi connectivity index (χ1) is 15.9. The fourth-order valence-corrected chi connectivity index (χ4v) is 4.52. The molecule has 1 aliphatic heterocycles. The lowest BCUT2D eigenvalue weighted by atomic mass is 9.89. The summed E-state index contributed by atoms with van der Waals surface area (Å²) in [7, 11) is 1.54. The summed E-state index contributed by atoms with van der Waals surface area (Å²) >= 11 is 0. The number of aliphatic hydroxyl groups excluding tert-OH is 1. The normalized spacial score (nSPS) is 20.4. The van der Waals surface area contributed by atoms with E-state index >= 15 is 0 Å². The summed E-state index contributed by atoms with van der Waals surface area (Å²) in [6, 6.07) is 11.0. The Kier molecular flexibility index (Phi) is 6.42. The van der Waals surface area contributed by atoms with Crippen molar-refractivity contribution in [1.29, 1.82) is 0 Å². The van der Waals surface area contributed by atoms with Crippen molar-refractivity contribution in [2.24, 2.45) is 0 Å². The van der Waals surface area contributed by atoms with Crippen LogP contribution in [0.3, 0.4) is 0 Å². The van der Waals surface area contributed by atoms with E-state index in [0.717, 1.165) is 35.3 Å². The quantitative estimate of drug-likeness (QED) is 0.453. The number of carbonyl (C=O) groups excluding carboxylic acids is 2. The Bertz CT molecular complexity index is 1080. The largest absolute Gasteiger partial charge is 0.493 e. The number of allylic oxidation sites excluding steroid dienone is 1. The molecule has 7 nitrogen and oxygen atoms in total. The molecule has 1 saturated heterocycles. The molecule has 0 unspecified atom stereocenters. The van der Waals surface area contributed by atoms with Gasteiger partial charge in [-0.05, 0) is 67.0 Å². The maximum atomic E-state index is 13.2. The zero-order chi connectivity index (χ0) is 23.6. The number of aliphatic hydroxyl groups is 1. The third-order valence-corrected chi connectivity index (χ3v) is 6.38. The minimum atomic E-state index is -1.15. The van der Waals surface area contributed by atoms with Crippen LogP contribution in [0, 0.1) is 0 Å². The molecule has 3 amide bonds. The van der Waals surface area contributed by atoms with E-state index in [2.05, 4.69) is 11.9 Å². The van der Waals surface area contributed by atoms with Gasteiger partial charge in [-0.2, -0.15) is 0 Å². The number of ether oxygens (including phenoxy) is 2. The average molecular weight is 451 g/mol. The van der Waals surface area contributed by atoms with E-state index in [1.165, 1.54) is 11.1 Å². The molecule has 174 valence electrons. The number of urea groups is 1. The molecule has 2 aliphatic rings. The minimum absolute atomic E-state index is 0.0935. The second-order valence-electron chi connectivity index (χ2n) is 8.75. The molecule has 1 aliphatic carbocycles. The molecule has 2 N–H and O–H groups in total. The molecule has 2 aromatic rings. The standard InChI is InChI=1S/C26H30N2O5/c1-4-6-17-9-12-22(23(13-17)32-3)33-16-21(29)15-28-24(30)26(2,27-25(28)31)20-11-10-18-7-5-8-19(18)14-20/h4,9-14,21,29H,1,5-8,15-16H2,2-3H3,(H,27,31)/t21-,26-/m1/s1. The van der Waals surface area contributed by atoms with Crippen LogP contribution < -0.4 is 14.8 Å². The lowest BCUT2D eigenvalue weighted by molar-refractivity contribution is -0.132. The van der Waals surface area contributed by atoms with Gasteiger partial charge in [0, 0.05) is 0 Å². The maximum absolute atomic E-state index is 13.2. The average Bonchev–Trinajstić information content (AvgIpc) is 3.36. The van der Waals surface area contributed by atoms with Crippen LogP contribution in [0.1, 0.15) is 35.6 Å². The zero-order valence-electron chi connectivity index (χ0n) is 19.1. The number of benzene rings is 2. The van der Waals surface area contributed by atoms with Crippen LogP contribution in [0.2, 0.25) is 0 Å². The number of fused-ring (bicyclic) bond motifs is 1. The second-order valence-corrected chi connectivity index (χ2v) is 8.75. The molecule has 7 heteroatoms. The Labute approximate surface area is 194 Å². The summed E-state index contributed by atoms with van der Waals surface area (Å²) < 4.78 is 11.1. The van der Waals surface area contributed by atoms with Gasteiger partial charge in [0.2, 0.25) is 0 Å². The van der Waals surface area contributed by atoms with Gasteiger partial charge in [0.1, 0.15) is 18.2 Å². The van der Waals surface area contributed by atoms with Crippen molar-refractivity contribution in [2.45, 2.75) is 44.2 Å². The molecule has 0 aromatic heterocycles. The Balaban J connectivity index is 1.41. The lowest BCUT2D eigenvalue weighted by Gasteiger charge is -2.24. The summed E-state index contributed by atoms with van der Waals surface area (Å²) in [6.45, 7) is 5.18. The molecule has 0 spiro atoms. The number of rotatable bonds is 9. The molecule has 2 atom stereocenters. The van der Waals surface area contributed by atoms with Crippen molar-refractivity contribution in [3.05, 3.63) is 71.3 Å². The van der Waals surface area contributed by atoms with Gasteiger partial charge in [0.15, 0.2) is 11.5 Å². The van der Waals surface area contributed by atoms with E-state index in [4.69, 9.17) is 9.47 Å². The van der Waals surface area contributed by atoms with Crippen molar-refractivity contribution in [2.75, 3.05) is 20.3 Å². The number of imide groups is 1. The molecule has 0 bridgehead atoms. The van der Waals surface area contributed by atoms with Crippen LogP contribution in [0.5, 0.6) is 11.5 Å². The summed E-state index contributed by atoms with van der Waals surface area (Å²) in [6.07, 6.45) is 4.59. The third kappa shape index (κ3) is 4.46. The number of hydrogen-bond acceptors (Lipinski definition) is 5. The van der Waals surface area contributed by atoms with E-state index in [1.54, 1.807) is 26.2 Å². The van der Waals surface area contributed by atoms with Gasteiger partial charge in [-0.3, -0.25) is 9.69 Å². The molecule has 0 saturated carbocycles.